The maximum Gasteiger partial charge on any atom is 0.256 e. The first kappa shape index (κ1) is 17.6. The fourth-order valence-corrected chi connectivity index (χ4v) is 3.16. The molecule has 8 nitrogen and oxygen atoms in total. The molecule has 9 heteroatoms. The number of hydrogen-bond donors (Lipinski definition) is 3. The number of fused-ring (bicyclic) bond motifs is 1. The number of nitrogens with zero attached hydrogens (tertiary/aromatic N) is 4. The minimum absolute atomic E-state index is 0.0491. The van der Waals surface area contributed by atoms with E-state index in [4.69, 9.17) is 9.84 Å². The number of hydrogen-bond acceptors (Lipinski definition) is 7. The quantitative estimate of drug-likeness (QED) is 0.603. The Labute approximate surface area is 155 Å². The highest BCUT2D eigenvalue weighted by atomic mass is 19.1. The number of ether oxygens (including phenoxy) is 1. The second-order valence-corrected chi connectivity index (χ2v) is 6.36. The molecular formula is C18H21FN6O2. The van der Waals surface area contributed by atoms with Crippen LogP contribution in [0.5, 0.6) is 5.88 Å². The molecule has 0 spiro atoms. The van der Waals surface area contributed by atoms with Crippen molar-refractivity contribution in [3.8, 4) is 17.3 Å². The molecule has 0 bridgehead atoms. The Kier molecular flexibility index (Phi) is 5.12. The van der Waals surface area contributed by atoms with E-state index in [1.54, 1.807) is 10.7 Å². The number of aromatic nitrogens is 4. The topological polar surface area (TPSA) is 96.6 Å². The lowest BCUT2D eigenvalue weighted by atomic mass is 10.1. The van der Waals surface area contributed by atoms with E-state index in [2.05, 4.69) is 25.7 Å². The van der Waals surface area contributed by atoms with Gasteiger partial charge in [-0.05, 0) is 31.5 Å². The SMILES string of the molecule is OCCOc1nc(-c2cnn3ccccc23)nc(N[C@@H]2CCCNC2)c1F. The van der Waals surface area contributed by atoms with Crippen LogP contribution in [0.15, 0.2) is 30.6 Å². The molecule has 27 heavy (non-hydrogen) atoms. The summed E-state index contributed by atoms with van der Waals surface area (Å²) in [7, 11) is 0. The molecular weight excluding hydrogens is 351 g/mol. The highest BCUT2D eigenvalue weighted by molar-refractivity contribution is 5.76. The van der Waals surface area contributed by atoms with E-state index in [-0.39, 0.29) is 31.0 Å². The van der Waals surface area contributed by atoms with Gasteiger partial charge in [0.25, 0.3) is 5.88 Å². The van der Waals surface area contributed by atoms with Crippen molar-refractivity contribution in [3.63, 3.8) is 0 Å². The van der Waals surface area contributed by atoms with Crippen LogP contribution in [0.3, 0.4) is 0 Å². The molecule has 142 valence electrons. The zero-order chi connectivity index (χ0) is 18.6. The zero-order valence-corrected chi connectivity index (χ0v) is 14.7. The molecule has 3 aromatic rings. The van der Waals surface area contributed by atoms with E-state index in [0.717, 1.165) is 31.4 Å². The largest absolute Gasteiger partial charge is 0.473 e. The fourth-order valence-electron chi connectivity index (χ4n) is 3.16. The van der Waals surface area contributed by atoms with E-state index in [9.17, 15) is 4.39 Å². The molecule has 3 N–H and O–H groups in total. The van der Waals surface area contributed by atoms with E-state index >= 15 is 0 Å². The molecule has 1 aliphatic rings. The second kappa shape index (κ2) is 7.85. The van der Waals surface area contributed by atoms with E-state index in [1.165, 1.54) is 0 Å². The third kappa shape index (κ3) is 3.69. The van der Waals surface area contributed by atoms with Crippen LogP contribution in [0.2, 0.25) is 0 Å². The smallest absolute Gasteiger partial charge is 0.256 e. The summed E-state index contributed by atoms with van der Waals surface area (Å²) in [5.74, 6) is -0.432. The number of nitrogens with one attached hydrogen (secondary N) is 2. The molecule has 0 saturated carbocycles. The Morgan fingerprint density at radius 1 is 1.37 bits per heavy atom. The first-order valence-corrected chi connectivity index (χ1v) is 8.97. The van der Waals surface area contributed by atoms with Gasteiger partial charge in [-0.25, -0.2) is 9.50 Å². The number of aliphatic hydroxyl groups excluding tert-OH is 1. The normalized spacial score (nSPS) is 17.2. The summed E-state index contributed by atoms with van der Waals surface area (Å²) in [6.45, 7) is 1.42. The maximum atomic E-state index is 14.9. The first-order chi connectivity index (χ1) is 13.3. The highest BCUT2D eigenvalue weighted by Gasteiger charge is 2.22. The zero-order valence-electron chi connectivity index (χ0n) is 14.7. The number of rotatable bonds is 6. The number of piperidine rings is 1. The predicted molar refractivity (Wildman–Crippen MR) is 98.3 cm³/mol. The lowest BCUT2D eigenvalue weighted by Gasteiger charge is -2.24. The lowest BCUT2D eigenvalue weighted by molar-refractivity contribution is 0.191. The van der Waals surface area contributed by atoms with Crippen LogP contribution >= 0.6 is 0 Å². The number of aliphatic hydroxyl groups is 1. The van der Waals surface area contributed by atoms with Crippen LogP contribution in [-0.2, 0) is 0 Å². The van der Waals surface area contributed by atoms with Gasteiger partial charge in [0.1, 0.15) is 6.61 Å². The van der Waals surface area contributed by atoms with Crippen LogP contribution < -0.4 is 15.4 Å². The third-order valence-electron chi connectivity index (χ3n) is 4.46. The molecule has 4 rings (SSSR count). The molecule has 1 fully saturated rings. The van der Waals surface area contributed by atoms with Crippen LogP contribution in [0.25, 0.3) is 16.9 Å². The van der Waals surface area contributed by atoms with E-state index < -0.39 is 5.82 Å². The average Bonchev–Trinajstić information content (AvgIpc) is 3.13. The summed E-state index contributed by atoms with van der Waals surface area (Å²) in [6, 6.07) is 5.72. The van der Waals surface area contributed by atoms with Crippen molar-refractivity contribution in [3.05, 3.63) is 36.4 Å². The Hall–Kier alpha value is -2.78. The second-order valence-electron chi connectivity index (χ2n) is 6.36. The maximum absolute atomic E-state index is 14.9. The van der Waals surface area contributed by atoms with E-state index in [1.807, 2.05) is 24.4 Å². The van der Waals surface area contributed by atoms with E-state index in [0.29, 0.717) is 11.4 Å². The summed E-state index contributed by atoms with van der Waals surface area (Å²) in [5.41, 5.74) is 1.48. The van der Waals surface area contributed by atoms with Gasteiger partial charge in [-0.15, -0.1) is 0 Å². The third-order valence-corrected chi connectivity index (χ3v) is 4.46. The van der Waals surface area contributed by atoms with Crippen molar-refractivity contribution in [1.29, 1.82) is 0 Å². The molecule has 1 saturated heterocycles. The van der Waals surface area contributed by atoms with Gasteiger partial charge in [-0.3, -0.25) is 0 Å². The minimum atomic E-state index is -0.658. The van der Waals surface area contributed by atoms with Crippen molar-refractivity contribution >= 4 is 11.3 Å². The van der Waals surface area contributed by atoms with Crippen molar-refractivity contribution in [2.75, 3.05) is 31.6 Å². The standard InChI is InChI=1S/C18H21FN6O2/c19-15-17(22-12-4-3-6-20-10-12)23-16(24-18(15)27-9-8-26)13-11-21-25-7-2-1-5-14(13)25/h1-2,5,7,11-12,20,26H,3-4,6,8-10H2,(H,22,23,24)/t12-/m1/s1. The monoisotopic (exact) mass is 372 g/mol. The molecule has 1 atom stereocenters. The van der Waals surface area contributed by atoms with Crippen molar-refractivity contribution in [2.24, 2.45) is 0 Å². The Morgan fingerprint density at radius 3 is 3.11 bits per heavy atom. The van der Waals surface area contributed by atoms with Gasteiger partial charge in [0, 0.05) is 18.8 Å². The van der Waals surface area contributed by atoms with Crippen LogP contribution in [0, 0.1) is 5.82 Å². The van der Waals surface area contributed by atoms with Gasteiger partial charge < -0.3 is 20.5 Å². The first-order valence-electron chi connectivity index (χ1n) is 8.97. The number of anilines is 1. The van der Waals surface area contributed by atoms with Crippen LogP contribution in [0.4, 0.5) is 10.2 Å². The molecule has 4 heterocycles. The Bertz CT molecular complexity index is 925. The van der Waals surface area contributed by atoms with Gasteiger partial charge >= 0.3 is 0 Å². The number of pyridine rings is 1. The van der Waals surface area contributed by atoms with Crippen LogP contribution in [0.1, 0.15) is 12.8 Å². The van der Waals surface area contributed by atoms with Crippen LogP contribution in [-0.4, -0.2) is 57.0 Å². The van der Waals surface area contributed by atoms with Crippen molar-refractivity contribution < 1.29 is 14.2 Å². The molecule has 0 unspecified atom stereocenters. The summed E-state index contributed by atoms with van der Waals surface area (Å²) in [5, 5.41) is 19.7. The van der Waals surface area contributed by atoms with Gasteiger partial charge in [0.15, 0.2) is 11.6 Å². The van der Waals surface area contributed by atoms with Gasteiger partial charge in [0.2, 0.25) is 5.82 Å². The molecule has 0 aliphatic carbocycles. The molecule has 0 amide bonds. The summed E-state index contributed by atoms with van der Waals surface area (Å²) in [4.78, 5) is 8.63. The lowest BCUT2D eigenvalue weighted by Crippen LogP contribution is -2.38. The highest BCUT2D eigenvalue weighted by Crippen LogP contribution is 2.29. The minimum Gasteiger partial charge on any atom is -0.473 e. The predicted octanol–water partition coefficient (Wildman–Crippen LogP) is 1.47. The Morgan fingerprint density at radius 2 is 2.30 bits per heavy atom. The van der Waals surface area contributed by atoms with Crippen molar-refractivity contribution in [1.82, 2.24) is 24.9 Å². The molecule has 1 aliphatic heterocycles. The molecule has 0 aromatic carbocycles. The summed E-state index contributed by atoms with van der Waals surface area (Å²) in [6.07, 6.45) is 5.40. The fraction of sp³-hybridized carbons (Fsp3) is 0.389. The summed E-state index contributed by atoms with van der Waals surface area (Å²) < 4.78 is 21.9. The van der Waals surface area contributed by atoms with Crippen molar-refractivity contribution in [2.45, 2.75) is 18.9 Å². The van der Waals surface area contributed by atoms with Gasteiger partial charge in [-0.2, -0.15) is 14.5 Å². The summed E-state index contributed by atoms with van der Waals surface area (Å²) >= 11 is 0. The van der Waals surface area contributed by atoms with Gasteiger partial charge in [-0.1, -0.05) is 6.07 Å². The van der Waals surface area contributed by atoms with Gasteiger partial charge in [0.05, 0.1) is 23.9 Å². The number of halogens is 1. The molecule has 0 radical (unpaired) electrons. The molecule has 3 aromatic heterocycles. The Balaban J connectivity index is 1.74. The average molecular weight is 372 g/mol.